The lowest BCUT2D eigenvalue weighted by molar-refractivity contribution is 0.0695. The van der Waals surface area contributed by atoms with E-state index < -0.39 is 5.97 Å². The van der Waals surface area contributed by atoms with Crippen LogP contribution in [-0.4, -0.2) is 27.0 Å². The maximum absolute atomic E-state index is 11.6. The molecule has 0 unspecified atom stereocenters. The molecule has 1 aliphatic rings. The summed E-state index contributed by atoms with van der Waals surface area (Å²) in [5, 5.41) is 9.48. The topological polar surface area (TPSA) is 53.4 Å². The molecule has 1 aliphatic heterocycles. The van der Waals surface area contributed by atoms with E-state index in [-0.39, 0.29) is 6.04 Å². The predicted molar refractivity (Wildman–Crippen MR) is 120 cm³/mol. The molecule has 1 atom stereocenters. The van der Waals surface area contributed by atoms with Crippen molar-refractivity contribution < 1.29 is 9.90 Å². The highest BCUT2D eigenvalue weighted by atomic mass is 16.4. The van der Waals surface area contributed by atoms with Gasteiger partial charge in [0.1, 0.15) is 0 Å². The second kappa shape index (κ2) is 8.41. The Morgan fingerprint density at radius 2 is 2.00 bits per heavy atom. The van der Waals surface area contributed by atoms with Crippen molar-refractivity contribution in [1.29, 1.82) is 0 Å². The molecule has 0 fully saturated rings. The molecule has 0 saturated heterocycles. The molecular weight excluding hydrogens is 372 g/mol. The van der Waals surface area contributed by atoms with Crippen LogP contribution in [-0.2, 0) is 13.0 Å². The Morgan fingerprint density at radius 3 is 2.73 bits per heavy atom. The number of carbonyl (C=O) groups is 1. The van der Waals surface area contributed by atoms with Gasteiger partial charge in [0.05, 0.1) is 5.56 Å². The number of nitrogens with zero attached hydrogens (tertiary/aromatic N) is 2. The summed E-state index contributed by atoms with van der Waals surface area (Å²) < 4.78 is 0. The fourth-order valence-electron chi connectivity index (χ4n) is 4.61. The van der Waals surface area contributed by atoms with Crippen LogP contribution in [0.1, 0.15) is 58.9 Å². The van der Waals surface area contributed by atoms with Gasteiger partial charge < -0.3 is 5.11 Å². The van der Waals surface area contributed by atoms with Gasteiger partial charge in [-0.1, -0.05) is 36.4 Å². The SMILES string of the molecule is Cc1ccccc1-c1ccc2c(c1)CN(C(C)C)[C@H]2CCc1cnccc1C(=O)O. The first-order chi connectivity index (χ1) is 14.5. The first-order valence-electron chi connectivity index (χ1n) is 10.6. The Morgan fingerprint density at radius 1 is 1.20 bits per heavy atom. The minimum absolute atomic E-state index is 0.285. The lowest BCUT2D eigenvalue weighted by atomic mass is 9.93. The van der Waals surface area contributed by atoms with Gasteiger partial charge in [0.15, 0.2) is 0 Å². The maximum Gasteiger partial charge on any atom is 0.336 e. The summed E-state index contributed by atoms with van der Waals surface area (Å²) in [4.78, 5) is 18.2. The van der Waals surface area contributed by atoms with Crippen LogP contribution in [0.25, 0.3) is 11.1 Å². The van der Waals surface area contributed by atoms with Gasteiger partial charge in [0, 0.05) is 31.0 Å². The largest absolute Gasteiger partial charge is 0.478 e. The zero-order valence-electron chi connectivity index (χ0n) is 17.8. The molecule has 4 nitrogen and oxygen atoms in total. The van der Waals surface area contributed by atoms with Crippen LogP contribution < -0.4 is 0 Å². The van der Waals surface area contributed by atoms with E-state index in [0.717, 1.165) is 18.5 Å². The number of carboxylic acids is 1. The van der Waals surface area contributed by atoms with Crippen molar-refractivity contribution in [3.63, 3.8) is 0 Å². The Labute approximate surface area is 178 Å². The van der Waals surface area contributed by atoms with Crippen LogP contribution >= 0.6 is 0 Å². The number of carboxylic acid groups (broad SMARTS) is 1. The molecule has 0 amide bonds. The Bertz CT molecular complexity index is 1070. The number of aryl methyl sites for hydroxylation is 2. The van der Waals surface area contributed by atoms with E-state index in [2.05, 4.69) is 73.1 Å². The molecule has 1 aromatic heterocycles. The van der Waals surface area contributed by atoms with Gasteiger partial charge in [0.2, 0.25) is 0 Å². The van der Waals surface area contributed by atoms with Crippen LogP contribution in [0.3, 0.4) is 0 Å². The summed E-state index contributed by atoms with van der Waals surface area (Å²) in [5.41, 5.74) is 7.72. The van der Waals surface area contributed by atoms with E-state index in [0.29, 0.717) is 18.0 Å². The van der Waals surface area contributed by atoms with Crippen molar-refractivity contribution in [1.82, 2.24) is 9.88 Å². The Hall–Kier alpha value is -2.98. The van der Waals surface area contributed by atoms with Gasteiger partial charge in [-0.3, -0.25) is 9.88 Å². The van der Waals surface area contributed by atoms with Gasteiger partial charge in [0.25, 0.3) is 0 Å². The maximum atomic E-state index is 11.6. The molecule has 0 spiro atoms. The predicted octanol–water partition coefficient (Wildman–Crippen LogP) is 5.65. The standard InChI is InChI=1S/C26H28N2O2/c1-17(2)28-16-21-14-19(22-7-5-4-6-18(22)3)8-10-23(21)25(28)11-9-20-15-27-13-12-24(20)26(29)30/h4-8,10,12-15,17,25H,9,11,16H2,1-3H3,(H,29,30)/t25-/m0/s1. The second-order valence-corrected chi connectivity index (χ2v) is 8.39. The van der Waals surface area contributed by atoms with Crippen LogP contribution in [0.2, 0.25) is 0 Å². The van der Waals surface area contributed by atoms with Crippen molar-refractivity contribution in [2.45, 2.75) is 52.2 Å². The third-order valence-electron chi connectivity index (χ3n) is 6.20. The highest BCUT2D eigenvalue weighted by Crippen LogP contribution is 2.40. The summed E-state index contributed by atoms with van der Waals surface area (Å²) in [6.45, 7) is 7.54. The number of aromatic nitrogens is 1. The van der Waals surface area contributed by atoms with E-state index in [1.54, 1.807) is 18.5 Å². The van der Waals surface area contributed by atoms with Crippen molar-refractivity contribution >= 4 is 5.97 Å². The van der Waals surface area contributed by atoms with Crippen molar-refractivity contribution in [2.24, 2.45) is 0 Å². The number of aromatic carboxylic acids is 1. The van der Waals surface area contributed by atoms with Crippen LogP contribution in [0.4, 0.5) is 0 Å². The summed E-state index contributed by atoms with van der Waals surface area (Å²) in [7, 11) is 0. The number of pyridine rings is 1. The van der Waals surface area contributed by atoms with Gasteiger partial charge in [-0.25, -0.2) is 4.79 Å². The van der Waals surface area contributed by atoms with Crippen LogP contribution in [0.5, 0.6) is 0 Å². The molecule has 4 rings (SSSR count). The number of benzene rings is 2. The third-order valence-corrected chi connectivity index (χ3v) is 6.20. The van der Waals surface area contributed by atoms with E-state index >= 15 is 0 Å². The first kappa shape index (κ1) is 20.3. The molecule has 0 bridgehead atoms. The zero-order valence-corrected chi connectivity index (χ0v) is 17.8. The van der Waals surface area contributed by atoms with Crippen LogP contribution in [0, 0.1) is 6.92 Å². The van der Waals surface area contributed by atoms with E-state index in [9.17, 15) is 9.90 Å². The van der Waals surface area contributed by atoms with E-state index in [1.165, 1.54) is 27.8 Å². The molecular formula is C26H28N2O2. The summed E-state index contributed by atoms with van der Waals surface area (Å²) >= 11 is 0. The Balaban J connectivity index is 1.63. The molecule has 30 heavy (non-hydrogen) atoms. The molecule has 1 N–H and O–H groups in total. The van der Waals surface area contributed by atoms with Crippen LogP contribution in [0.15, 0.2) is 60.9 Å². The van der Waals surface area contributed by atoms with E-state index in [4.69, 9.17) is 0 Å². The minimum atomic E-state index is -0.886. The fourth-order valence-corrected chi connectivity index (χ4v) is 4.61. The monoisotopic (exact) mass is 400 g/mol. The second-order valence-electron chi connectivity index (χ2n) is 8.39. The zero-order chi connectivity index (χ0) is 21.3. The molecule has 154 valence electrons. The van der Waals surface area contributed by atoms with Gasteiger partial charge in [-0.05, 0) is 79.1 Å². The average Bonchev–Trinajstić information content (AvgIpc) is 3.11. The lowest BCUT2D eigenvalue weighted by Crippen LogP contribution is -2.29. The molecule has 0 saturated carbocycles. The highest BCUT2D eigenvalue weighted by Gasteiger charge is 2.32. The molecule has 2 heterocycles. The molecule has 2 aromatic carbocycles. The van der Waals surface area contributed by atoms with Gasteiger partial charge in [-0.15, -0.1) is 0 Å². The average molecular weight is 401 g/mol. The molecule has 3 aromatic rings. The third kappa shape index (κ3) is 3.88. The summed E-state index contributed by atoms with van der Waals surface area (Å²) in [6.07, 6.45) is 4.81. The molecule has 0 aliphatic carbocycles. The van der Waals surface area contributed by atoms with E-state index in [1.807, 2.05) is 0 Å². The quantitative estimate of drug-likeness (QED) is 0.581. The molecule has 0 radical (unpaired) electrons. The van der Waals surface area contributed by atoms with Gasteiger partial charge in [-0.2, -0.15) is 0 Å². The number of hydrogen-bond acceptors (Lipinski definition) is 3. The molecule has 4 heteroatoms. The normalized spacial score (nSPS) is 16.1. The first-order valence-corrected chi connectivity index (χ1v) is 10.6. The minimum Gasteiger partial charge on any atom is -0.478 e. The summed E-state index contributed by atoms with van der Waals surface area (Å²) in [6, 6.07) is 17.6. The van der Waals surface area contributed by atoms with Gasteiger partial charge >= 0.3 is 5.97 Å². The van der Waals surface area contributed by atoms with Crippen molar-refractivity contribution in [2.75, 3.05) is 0 Å². The smallest absolute Gasteiger partial charge is 0.336 e. The fraction of sp³-hybridized carbons (Fsp3) is 0.308. The van der Waals surface area contributed by atoms with Crippen molar-refractivity contribution in [3.05, 3.63) is 88.7 Å². The number of hydrogen-bond donors (Lipinski definition) is 1. The number of fused-ring (bicyclic) bond motifs is 1. The highest BCUT2D eigenvalue weighted by molar-refractivity contribution is 5.89. The Kier molecular flexibility index (Phi) is 5.69. The number of rotatable bonds is 6. The van der Waals surface area contributed by atoms with Crippen molar-refractivity contribution in [3.8, 4) is 11.1 Å². The summed E-state index contributed by atoms with van der Waals surface area (Å²) in [5.74, 6) is -0.886. The lowest BCUT2D eigenvalue weighted by Gasteiger charge is -2.29.